The fraction of sp³-hybridized carbons (Fsp3) is 0.375. The molecule has 2 nitrogen and oxygen atoms in total. The molecule has 2 rings (SSSR count). The molecule has 0 spiro atoms. The van der Waals surface area contributed by atoms with Gasteiger partial charge in [0.15, 0.2) is 0 Å². The standard InChI is InChI=1S/C12H11N2.C4H9.Sn/c1-9-7-11(8-10(2)14-9)12-5-3-4-6-13-12;1-4(2)3;/h3-5,7-8H,1-2H3;1-3H3;. The molecule has 0 bridgehead atoms. The molecule has 0 aliphatic heterocycles. The Balaban J connectivity index is 2.37. The summed E-state index contributed by atoms with van der Waals surface area (Å²) in [5, 5.41) is 0. The quantitative estimate of drug-likeness (QED) is 0.769. The first-order valence-electron chi connectivity index (χ1n) is 6.54. The predicted molar refractivity (Wildman–Crippen MR) is 82.0 cm³/mol. The van der Waals surface area contributed by atoms with Crippen molar-refractivity contribution in [3.8, 4) is 11.3 Å². The van der Waals surface area contributed by atoms with Crippen LogP contribution < -0.4 is 3.71 Å². The Morgan fingerprint density at radius 2 is 1.58 bits per heavy atom. The van der Waals surface area contributed by atoms with E-state index in [1.165, 1.54) is 9.27 Å². The van der Waals surface area contributed by atoms with Crippen molar-refractivity contribution in [2.24, 2.45) is 0 Å². The number of nitrogens with zero attached hydrogens (tertiary/aromatic N) is 2. The molecule has 0 N–H and O–H groups in total. The van der Waals surface area contributed by atoms with Crippen LogP contribution in [-0.2, 0) is 0 Å². The fourth-order valence-corrected chi connectivity index (χ4v) is 5.24. The van der Waals surface area contributed by atoms with Crippen molar-refractivity contribution in [2.45, 2.75) is 38.0 Å². The van der Waals surface area contributed by atoms with Gasteiger partial charge in [-0.05, 0) is 0 Å². The van der Waals surface area contributed by atoms with Crippen molar-refractivity contribution in [1.82, 2.24) is 9.97 Å². The second-order valence-electron chi connectivity index (χ2n) is 5.92. The molecule has 3 heteroatoms. The minimum absolute atomic E-state index is 0.430. The average molecular weight is 359 g/mol. The van der Waals surface area contributed by atoms with Crippen molar-refractivity contribution in [2.75, 3.05) is 0 Å². The van der Waals surface area contributed by atoms with E-state index in [0.717, 1.165) is 17.1 Å². The molecule has 2 radical (unpaired) electrons. The molecule has 19 heavy (non-hydrogen) atoms. The average Bonchev–Trinajstić information content (AvgIpc) is 2.25. The molecule has 0 aliphatic rings. The third kappa shape index (κ3) is 4.30. The third-order valence-corrected chi connectivity index (χ3v) is 6.30. The van der Waals surface area contributed by atoms with Gasteiger partial charge in [0.05, 0.1) is 0 Å². The van der Waals surface area contributed by atoms with Crippen LogP contribution >= 0.6 is 0 Å². The molecular weight excluding hydrogens is 339 g/mol. The van der Waals surface area contributed by atoms with E-state index in [0.29, 0.717) is 3.43 Å². The van der Waals surface area contributed by atoms with Crippen LogP contribution in [0.2, 0.25) is 3.43 Å². The summed E-state index contributed by atoms with van der Waals surface area (Å²) < 4.78 is 1.75. The molecule has 0 unspecified atom stereocenters. The first kappa shape index (κ1) is 14.5. The van der Waals surface area contributed by atoms with Crippen LogP contribution in [0, 0.1) is 13.8 Å². The van der Waals surface area contributed by atoms with Crippen LogP contribution in [0.3, 0.4) is 0 Å². The molecule has 0 saturated heterocycles. The summed E-state index contributed by atoms with van der Waals surface area (Å²) in [4.78, 5) is 9.28. The number of hydrogen-bond donors (Lipinski definition) is 0. The topological polar surface area (TPSA) is 25.8 Å². The van der Waals surface area contributed by atoms with Gasteiger partial charge >= 0.3 is 126 Å². The SMILES string of the molecule is Cc1cc(-c2ccc[c]([Sn][C](C)(C)C)n2)cc(C)n1. The summed E-state index contributed by atoms with van der Waals surface area (Å²) in [7, 11) is 0. The number of hydrogen-bond acceptors (Lipinski definition) is 2. The van der Waals surface area contributed by atoms with Crippen LogP contribution in [0.15, 0.2) is 30.3 Å². The van der Waals surface area contributed by atoms with Crippen molar-refractivity contribution in [3.05, 3.63) is 41.7 Å². The molecule has 2 aromatic rings. The van der Waals surface area contributed by atoms with Gasteiger partial charge in [-0.1, -0.05) is 0 Å². The molecule has 0 atom stereocenters. The molecule has 0 aromatic carbocycles. The zero-order chi connectivity index (χ0) is 14.0. The Morgan fingerprint density at radius 1 is 0.947 bits per heavy atom. The Hall–Kier alpha value is -0.901. The van der Waals surface area contributed by atoms with Gasteiger partial charge < -0.3 is 0 Å². The Morgan fingerprint density at radius 3 is 2.16 bits per heavy atom. The van der Waals surface area contributed by atoms with Crippen LogP contribution in [-0.4, -0.2) is 31.1 Å². The number of aryl methyl sites for hydroxylation is 2. The van der Waals surface area contributed by atoms with Gasteiger partial charge in [-0.2, -0.15) is 0 Å². The van der Waals surface area contributed by atoms with Crippen LogP contribution in [0.5, 0.6) is 0 Å². The first-order chi connectivity index (χ1) is 8.83. The van der Waals surface area contributed by atoms with Gasteiger partial charge in [-0.15, -0.1) is 0 Å². The molecular formula is C16H20N2Sn. The van der Waals surface area contributed by atoms with E-state index in [2.05, 4.69) is 56.1 Å². The fourth-order valence-electron chi connectivity index (χ4n) is 2.03. The van der Waals surface area contributed by atoms with E-state index >= 15 is 0 Å². The van der Waals surface area contributed by atoms with Gasteiger partial charge in [-0.3, -0.25) is 0 Å². The van der Waals surface area contributed by atoms with Gasteiger partial charge in [0.2, 0.25) is 0 Å². The van der Waals surface area contributed by atoms with Gasteiger partial charge in [0.1, 0.15) is 0 Å². The predicted octanol–water partition coefficient (Wildman–Crippen LogP) is 3.31. The normalized spacial score (nSPS) is 11.6. The summed E-state index contributed by atoms with van der Waals surface area (Å²) in [6.07, 6.45) is 0. The van der Waals surface area contributed by atoms with Crippen molar-refractivity contribution in [3.63, 3.8) is 0 Å². The molecule has 98 valence electrons. The Bertz CT molecular complexity index is 565. The van der Waals surface area contributed by atoms with E-state index in [-0.39, 0.29) is 0 Å². The van der Waals surface area contributed by atoms with Crippen molar-refractivity contribution in [1.29, 1.82) is 0 Å². The second-order valence-corrected chi connectivity index (χ2v) is 12.4. The van der Waals surface area contributed by atoms with Gasteiger partial charge in [-0.25, -0.2) is 0 Å². The maximum absolute atomic E-state index is 4.86. The number of rotatable bonds is 2. The second kappa shape index (κ2) is 5.61. The maximum atomic E-state index is 4.86. The Kier molecular flexibility index (Phi) is 4.29. The van der Waals surface area contributed by atoms with E-state index in [9.17, 15) is 0 Å². The van der Waals surface area contributed by atoms with Crippen LogP contribution in [0.1, 0.15) is 32.2 Å². The summed E-state index contributed by atoms with van der Waals surface area (Å²) in [5.41, 5.74) is 4.37. The molecule has 0 amide bonds. The van der Waals surface area contributed by atoms with Crippen LogP contribution in [0.25, 0.3) is 11.3 Å². The molecule has 2 aromatic heterocycles. The monoisotopic (exact) mass is 360 g/mol. The van der Waals surface area contributed by atoms with Gasteiger partial charge in [0.25, 0.3) is 0 Å². The third-order valence-electron chi connectivity index (χ3n) is 2.63. The molecule has 2 heterocycles. The molecule has 0 saturated carbocycles. The number of pyridine rings is 2. The van der Waals surface area contributed by atoms with Crippen LogP contribution in [0.4, 0.5) is 0 Å². The first-order valence-corrected chi connectivity index (χ1v) is 9.40. The minimum atomic E-state index is -0.645. The zero-order valence-corrected chi connectivity index (χ0v) is 15.1. The molecule has 0 aliphatic carbocycles. The summed E-state index contributed by atoms with van der Waals surface area (Å²) in [6, 6.07) is 10.6. The Labute approximate surface area is 125 Å². The van der Waals surface area contributed by atoms with E-state index in [1.807, 2.05) is 13.8 Å². The summed E-state index contributed by atoms with van der Waals surface area (Å²) in [5.74, 6) is 0. The molecule has 0 fully saturated rings. The van der Waals surface area contributed by atoms with E-state index < -0.39 is 21.1 Å². The van der Waals surface area contributed by atoms with E-state index in [4.69, 9.17) is 4.98 Å². The van der Waals surface area contributed by atoms with Gasteiger partial charge in [0, 0.05) is 0 Å². The van der Waals surface area contributed by atoms with E-state index in [1.54, 1.807) is 0 Å². The number of aromatic nitrogens is 2. The zero-order valence-electron chi connectivity index (χ0n) is 12.3. The summed E-state index contributed by atoms with van der Waals surface area (Å²) in [6.45, 7) is 11.0. The summed E-state index contributed by atoms with van der Waals surface area (Å²) >= 11 is -0.645. The van der Waals surface area contributed by atoms with Crippen molar-refractivity contribution < 1.29 is 0 Å². The van der Waals surface area contributed by atoms with Crippen molar-refractivity contribution >= 4 is 24.9 Å².